The van der Waals surface area contributed by atoms with Crippen molar-refractivity contribution in [1.29, 1.82) is 0 Å². The fourth-order valence-electron chi connectivity index (χ4n) is 3.78. The maximum atomic E-state index is 12.9. The minimum absolute atomic E-state index is 0.0941. The highest BCUT2D eigenvalue weighted by molar-refractivity contribution is 5.71. The second-order valence-corrected chi connectivity index (χ2v) is 8.26. The summed E-state index contributed by atoms with van der Waals surface area (Å²) in [6, 6.07) is 4.51. The third kappa shape index (κ3) is 5.04. The van der Waals surface area contributed by atoms with Gasteiger partial charge in [0.1, 0.15) is 11.3 Å². The molecule has 3 aromatic rings. The molecule has 0 saturated carbocycles. The maximum absolute atomic E-state index is 12.9. The first-order chi connectivity index (χ1) is 15.2. The number of rotatable bonds is 7. The van der Waals surface area contributed by atoms with Crippen molar-refractivity contribution in [3.63, 3.8) is 0 Å². The van der Waals surface area contributed by atoms with E-state index in [1.54, 1.807) is 12.1 Å². The lowest BCUT2D eigenvalue weighted by Crippen LogP contribution is -2.21. The van der Waals surface area contributed by atoms with Gasteiger partial charge >= 0.3 is 12.1 Å². The van der Waals surface area contributed by atoms with Crippen LogP contribution in [0, 0.1) is 5.92 Å². The molecular weight excluding hydrogens is 425 g/mol. The molecule has 0 amide bonds. The van der Waals surface area contributed by atoms with Gasteiger partial charge in [-0.25, -0.2) is 9.78 Å². The third-order valence-corrected chi connectivity index (χ3v) is 5.53. The van der Waals surface area contributed by atoms with Crippen LogP contribution in [0.1, 0.15) is 37.3 Å². The van der Waals surface area contributed by atoms with Crippen LogP contribution < -0.4 is 21.1 Å². The van der Waals surface area contributed by atoms with E-state index in [0.717, 1.165) is 25.1 Å². The normalized spacial score (nSPS) is 16.8. The molecule has 8 nitrogen and oxygen atoms in total. The zero-order valence-corrected chi connectivity index (χ0v) is 17.8. The summed E-state index contributed by atoms with van der Waals surface area (Å²) in [5.74, 6) is 0.573. The van der Waals surface area contributed by atoms with Crippen molar-refractivity contribution in [1.82, 2.24) is 24.8 Å². The Morgan fingerprint density at radius 1 is 1.34 bits per heavy atom. The molecular formula is C21H25F3N6O2. The van der Waals surface area contributed by atoms with E-state index in [1.807, 2.05) is 13.8 Å². The molecule has 0 bridgehead atoms. The van der Waals surface area contributed by atoms with Crippen LogP contribution in [0.4, 0.5) is 19.1 Å². The lowest BCUT2D eigenvalue weighted by atomic mass is 10.00. The molecule has 1 aliphatic rings. The molecule has 1 aliphatic heterocycles. The van der Waals surface area contributed by atoms with Crippen molar-refractivity contribution < 1.29 is 17.9 Å². The van der Waals surface area contributed by atoms with Crippen LogP contribution in [0.25, 0.3) is 11.2 Å². The highest BCUT2D eigenvalue weighted by atomic mass is 19.4. The molecule has 0 spiro atoms. The van der Waals surface area contributed by atoms with Gasteiger partial charge in [-0.15, -0.1) is 13.2 Å². The highest BCUT2D eigenvalue weighted by Crippen LogP contribution is 2.30. The molecule has 3 heterocycles. The Morgan fingerprint density at radius 2 is 2.16 bits per heavy atom. The summed E-state index contributed by atoms with van der Waals surface area (Å²) in [6.45, 7) is 6.32. The van der Waals surface area contributed by atoms with E-state index in [-0.39, 0.29) is 23.8 Å². The number of fused-ring (bicyclic) bond motifs is 1. The molecule has 0 unspecified atom stereocenters. The average molecular weight is 450 g/mol. The van der Waals surface area contributed by atoms with Crippen molar-refractivity contribution in [2.75, 3.05) is 25.0 Å². The Kier molecular flexibility index (Phi) is 6.09. The molecule has 172 valence electrons. The summed E-state index contributed by atoms with van der Waals surface area (Å²) in [5, 5.41) is 6.47. The van der Waals surface area contributed by atoms with Crippen LogP contribution in [-0.4, -0.2) is 45.5 Å². The van der Waals surface area contributed by atoms with Crippen LogP contribution in [0.2, 0.25) is 0 Å². The number of aromatic amines is 1. The molecule has 11 heteroatoms. The van der Waals surface area contributed by atoms with E-state index in [1.165, 1.54) is 16.8 Å². The van der Waals surface area contributed by atoms with E-state index < -0.39 is 12.1 Å². The van der Waals surface area contributed by atoms with Gasteiger partial charge in [-0.2, -0.15) is 4.98 Å². The lowest BCUT2D eigenvalue weighted by Gasteiger charge is -2.16. The second kappa shape index (κ2) is 8.81. The summed E-state index contributed by atoms with van der Waals surface area (Å²) >= 11 is 0. The zero-order chi connectivity index (χ0) is 22.9. The van der Waals surface area contributed by atoms with E-state index >= 15 is 0 Å². The Hall–Kier alpha value is -3.08. The minimum Gasteiger partial charge on any atom is -0.405 e. The number of nitrogens with zero attached hydrogens (tertiary/aromatic N) is 3. The average Bonchev–Trinajstić information content (AvgIpc) is 3.34. The van der Waals surface area contributed by atoms with Crippen LogP contribution in [0.5, 0.6) is 5.75 Å². The van der Waals surface area contributed by atoms with E-state index in [2.05, 4.69) is 30.3 Å². The van der Waals surface area contributed by atoms with Crippen LogP contribution in [-0.2, 0) is 6.54 Å². The number of imidazole rings is 1. The summed E-state index contributed by atoms with van der Waals surface area (Å²) in [7, 11) is 0. The standard InChI is InChI=1S/C21H25F3N6O2/c1-12(2)14-3-4-17(32-21(22,23)24)15(7-14)11-30-18-16(28-20(30)31)10-27-19(29-18)26-9-13-5-6-25-8-13/h3-4,7,10,12-13,25H,5-6,8-9,11H2,1-2H3,(H,28,31)(H,26,27,29)/t13-/m1/s1. The fraction of sp³-hybridized carbons (Fsp3) is 0.476. The van der Waals surface area contributed by atoms with Crippen molar-refractivity contribution in [3.8, 4) is 5.75 Å². The van der Waals surface area contributed by atoms with Crippen LogP contribution in [0.15, 0.2) is 29.2 Å². The Labute approximate surface area is 182 Å². The van der Waals surface area contributed by atoms with Gasteiger partial charge < -0.3 is 20.4 Å². The van der Waals surface area contributed by atoms with Gasteiger partial charge in [0.25, 0.3) is 0 Å². The molecule has 0 aliphatic carbocycles. The number of alkyl halides is 3. The fourth-order valence-corrected chi connectivity index (χ4v) is 3.78. The van der Waals surface area contributed by atoms with E-state index in [4.69, 9.17) is 0 Å². The van der Waals surface area contributed by atoms with Crippen molar-refractivity contribution in [2.45, 2.75) is 39.1 Å². The molecule has 1 fully saturated rings. The number of aromatic nitrogens is 4. The first kappa shape index (κ1) is 22.1. The first-order valence-corrected chi connectivity index (χ1v) is 10.5. The van der Waals surface area contributed by atoms with Crippen molar-refractivity contribution in [2.24, 2.45) is 5.92 Å². The SMILES string of the molecule is CC(C)c1ccc(OC(F)(F)F)c(Cn2c(=O)[nH]c3cnc(NC[C@@H]4CCNC4)nc32)c1. The topological polar surface area (TPSA) is 96.9 Å². The number of hydrogen-bond donors (Lipinski definition) is 3. The number of benzene rings is 1. The molecule has 2 aromatic heterocycles. The Morgan fingerprint density at radius 3 is 2.84 bits per heavy atom. The van der Waals surface area contributed by atoms with Gasteiger partial charge in [-0.1, -0.05) is 26.0 Å². The smallest absolute Gasteiger partial charge is 0.405 e. The molecule has 1 aromatic carbocycles. The molecule has 1 atom stereocenters. The molecule has 3 N–H and O–H groups in total. The largest absolute Gasteiger partial charge is 0.573 e. The van der Waals surface area contributed by atoms with Crippen LogP contribution in [0.3, 0.4) is 0 Å². The number of nitrogens with one attached hydrogen (secondary N) is 3. The van der Waals surface area contributed by atoms with Crippen molar-refractivity contribution >= 4 is 17.1 Å². The van der Waals surface area contributed by atoms with Gasteiger partial charge in [0.15, 0.2) is 5.65 Å². The first-order valence-electron chi connectivity index (χ1n) is 10.5. The predicted octanol–water partition coefficient (Wildman–Crippen LogP) is 3.21. The van der Waals surface area contributed by atoms with Crippen LogP contribution >= 0.6 is 0 Å². The van der Waals surface area contributed by atoms with Gasteiger partial charge in [0.05, 0.1) is 12.7 Å². The molecule has 0 radical (unpaired) electrons. The monoisotopic (exact) mass is 450 g/mol. The third-order valence-electron chi connectivity index (χ3n) is 5.53. The maximum Gasteiger partial charge on any atom is 0.573 e. The Bertz CT molecular complexity index is 1150. The van der Waals surface area contributed by atoms with Crippen molar-refractivity contribution in [3.05, 3.63) is 46.0 Å². The predicted molar refractivity (Wildman–Crippen MR) is 114 cm³/mol. The van der Waals surface area contributed by atoms with Gasteiger partial charge in [-0.05, 0) is 43.0 Å². The molecule has 4 rings (SSSR count). The summed E-state index contributed by atoms with van der Waals surface area (Å²) < 4.78 is 44.3. The number of anilines is 1. The highest BCUT2D eigenvalue weighted by Gasteiger charge is 2.32. The van der Waals surface area contributed by atoms with Gasteiger partial charge in [0, 0.05) is 12.1 Å². The Balaban J connectivity index is 1.67. The number of ether oxygens (including phenoxy) is 1. The number of H-pyrrole nitrogens is 1. The summed E-state index contributed by atoms with van der Waals surface area (Å²) in [5.41, 5.74) is 1.30. The molecule has 32 heavy (non-hydrogen) atoms. The van der Waals surface area contributed by atoms with E-state index in [9.17, 15) is 18.0 Å². The summed E-state index contributed by atoms with van der Waals surface area (Å²) in [4.78, 5) is 23.9. The summed E-state index contributed by atoms with van der Waals surface area (Å²) in [6.07, 6.45) is -2.29. The zero-order valence-electron chi connectivity index (χ0n) is 17.8. The van der Waals surface area contributed by atoms with E-state index in [0.29, 0.717) is 29.6 Å². The minimum atomic E-state index is -4.84. The quantitative estimate of drug-likeness (QED) is 0.512. The van der Waals surface area contributed by atoms with Gasteiger partial charge in [0.2, 0.25) is 5.95 Å². The lowest BCUT2D eigenvalue weighted by molar-refractivity contribution is -0.274. The molecule has 1 saturated heterocycles. The van der Waals surface area contributed by atoms with Gasteiger partial charge in [-0.3, -0.25) is 4.57 Å². The number of hydrogen-bond acceptors (Lipinski definition) is 6. The second-order valence-electron chi connectivity index (χ2n) is 8.26. The number of halogens is 3.